The van der Waals surface area contributed by atoms with Crippen LogP contribution in [-0.2, 0) is 11.3 Å². The molecule has 0 aliphatic heterocycles. The van der Waals surface area contributed by atoms with Crippen molar-refractivity contribution in [3.8, 4) is 11.4 Å². The Morgan fingerprint density at radius 3 is 2.76 bits per heavy atom. The predicted molar refractivity (Wildman–Crippen MR) is 95.5 cm³/mol. The molecule has 9 heteroatoms. The molecule has 3 aromatic rings. The lowest BCUT2D eigenvalue weighted by Crippen LogP contribution is -2.24. The van der Waals surface area contributed by atoms with Gasteiger partial charge in [-0.2, -0.15) is 9.90 Å². The fourth-order valence-corrected chi connectivity index (χ4v) is 2.41. The van der Waals surface area contributed by atoms with E-state index in [-0.39, 0.29) is 6.54 Å². The minimum absolute atomic E-state index is 0.106. The molecule has 0 spiro atoms. The molecule has 0 unspecified atom stereocenters. The topological polar surface area (TPSA) is 85.1 Å². The number of hydrogen-bond acceptors (Lipinski definition) is 5. The average Bonchev–Trinajstić information content (AvgIpc) is 3.06. The molecule has 3 rings (SSSR count). The van der Waals surface area contributed by atoms with Gasteiger partial charge in [0.1, 0.15) is 6.54 Å². The number of tetrazole rings is 1. The smallest absolute Gasteiger partial charge is 0.263 e. The summed E-state index contributed by atoms with van der Waals surface area (Å²) in [6.07, 6.45) is 1.43. The first-order valence-corrected chi connectivity index (χ1v) is 7.97. The van der Waals surface area contributed by atoms with E-state index in [0.29, 0.717) is 21.4 Å². The molecule has 0 aliphatic carbocycles. The van der Waals surface area contributed by atoms with E-state index in [1.807, 2.05) is 30.3 Å². The maximum atomic E-state index is 11.9. The maximum Gasteiger partial charge on any atom is 0.263 e. The van der Waals surface area contributed by atoms with Gasteiger partial charge in [-0.05, 0) is 17.3 Å². The van der Waals surface area contributed by atoms with Gasteiger partial charge in [0.15, 0.2) is 0 Å². The Morgan fingerprint density at radius 2 is 2.00 bits per heavy atom. The first-order valence-electron chi connectivity index (χ1n) is 7.22. The van der Waals surface area contributed by atoms with Gasteiger partial charge in [0.05, 0.1) is 11.2 Å². The molecule has 0 saturated heterocycles. The Kier molecular flexibility index (Phi) is 5.37. The zero-order valence-corrected chi connectivity index (χ0v) is 14.3. The SMILES string of the molecule is O=C(Cn1nnc(-c2ccccc2)n1)NN=Cc1ccc(Cl)cc1Cl. The standard InChI is InChI=1S/C16H12Cl2N6O/c17-13-7-6-12(14(18)8-13)9-19-20-15(25)10-24-22-16(21-23-24)11-4-2-1-3-5-11/h1-9H,10H2,(H,20,25). The number of nitrogens with one attached hydrogen (secondary N) is 1. The number of aromatic nitrogens is 4. The third-order valence-electron chi connectivity index (χ3n) is 3.13. The molecule has 1 heterocycles. The highest BCUT2D eigenvalue weighted by atomic mass is 35.5. The first kappa shape index (κ1) is 17.1. The number of carbonyl (C=O) groups excluding carboxylic acids is 1. The van der Waals surface area contributed by atoms with E-state index in [1.54, 1.807) is 18.2 Å². The third kappa shape index (κ3) is 4.62. The van der Waals surface area contributed by atoms with Gasteiger partial charge in [0.2, 0.25) is 5.82 Å². The number of carbonyl (C=O) groups is 1. The number of nitrogens with zero attached hydrogens (tertiary/aromatic N) is 5. The lowest BCUT2D eigenvalue weighted by molar-refractivity contribution is -0.122. The van der Waals surface area contributed by atoms with Crippen molar-refractivity contribution < 1.29 is 4.79 Å². The highest BCUT2D eigenvalue weighted by Gasteiger charge is 2.08. The zero-order valence-electron chi connectivity index (χ0n) is 12.8. The molecule has 25 heavy (non-hydrogen) atoms. The van der Waals surface area contributed by atoms with Gasteiger partial charge in [-0.1, -0.05) is 59.6 Å². The molecule has 7 nitrogen and oxygen atoms in total. The summed E-state index contributed by atoms with van der Waals surface area (Å²) in [5.74, 6) is 0.0585. The number of rotatable bonds is 5. The summed E-state index contributed by atoms with van der Waals surface area (Å²) in [7, 11) is 0. The summed E-state index contributed by atoms with van der Waals surface area (Å²) < 4.78 is 0. The minimum atomic E-state index is -0.390. The Labute approximate surface area is 153 Å². The van der Waals surface area contributed by atoms with Crippen molar-refractivity contribution in [1.29, 1.82) is 0 Å². The van der Waals surface area contributed by atoms with Crippen LogP contribution < -0.4 is 5.43 Å². The Bertz CT molecular complexity index is 910. The van der Waals surface area contributed by atoms with Crippen LogP contribution in [0, 0.1) is 0 Å². The number of hydrogen-bond donors (Lipinski definition) is 1. The average molecular weight is 375 g/mol. The highest BCUT2D eigenvalue weighted by Crippen LogP contribution is 2.19. The van der Waals surface area contributed by atoms with Gasteiger partial charge >= 0.3 is 0 Å². The van der Waals surface area contributed by atoms with Crippen LogP contribution in [0.15, 0.2) is 53.6 Å². The summed E-state index contributed by atoms with van der Waals surface area (Å²) in [4.78, 5) is 13.1. The van der Waals surface area contributed by atoms with Gasteiger partial charge in [-0.3, -0.25) is 4.79 Å². The molecule has 0 bridgehead atoms. The molecule has 0 aliphatic rings. The van der Waals surface area contributed by atoms with Crippen LogP contribution in [0.2, 0.25) is 10.0 Å². The molecule has 0 atom stereocenters. The van der Waals surface area contributed by atoms with Crippen molar-refractivity contribution in [1.82, 2.24) is 25.6 Å². The van der Waals surface area contributed by atoms with E-state index in [1.165, 1.54) is 11.0 Å². The summed E-state index contributed by atoms with van der Waals surface area (Å²) in [6, 6.07) is 14.3. The fraction of sp³-hybridized carbons (Fsp3) is 0.0625. The zero-order chi connectivity index (χ0) is 17.6. The predicted octanol–water partition coefficient (Wildman–Crippen LogP) is 2.80. The number of amides is 1. The molecule has 0 saturated carbocycles. The molecule has 2 aromatic carbocycles. The van der Waals surface area contributed by atoms with Gasteiger partial charge < -0.3 is 0 Å². The molecule has 1 aromatic heterocycles. The molecular weight excluding hydrogens is 363 g/mol. The second-order valence-electron chi connectivity index (χ2n) is 4.97. The molecule has 126 valence electrons. The lowest BCUT2D eigenvalue weighted by Gasteiger charge is -2.00. The second kappa shape index (κ2) is 7.87. The monoisotopic (exact) mass is 374 g/mol. The van der Waals surface area contributed by atoms with Crippen LogP contribution in [0.3, 0.4) is 0 Å². The van der Waals surface area contributed by atoms with Gasteiger partial charge in [0, 0.05) is 16.1 Å². The van der Waals surface area contributed by atoms with Crippen molar-refractivity contribution in [3.63, 3.8) is 0 Å². The fourth-order valence-electron chi connectivity index (χ4n) is 1.96. The minimum Gasteiger partial charge on any atom is -0.271 e. The number of halogens is 2. The van der Waals surface area contributed by atoms with Crippen molar-refractivity contribution >= 4 is 35.3 Å². The molecule has 1 amide bonds. The quantitative estimate of drug-likeness (QED) is 0.549. The van der Waals surface area contributed by atoms with Crippen LogP contribution in [0.4, 0.5) is 0 Å². The third-order valence-corrected chi connectivity index (χ3v) is 3.69. The summed E-state index contributed by atoms with van der Waals surface area (Å²) >= 11 is 11.8. The first-order chi connectivity index (χ1) is 12.1. The van der Waals surface area contributed by atoms with Gasteiger partial charge in [-0.15, -0.1) is 10.2 Å². The van der Waals surface area contributed by atoms with Crippen LogP contribution >= 0.6 is 23.2 Å². The maximum absolute atomic E-state index is 11.9. The lowest BCUT2D eigenvalue weighted by atomic mass is 10.2. The van der Waals surface area contributed by atoms with Crippen molar-refractivity contribution in [2.45, 2.75) is 6.54 Å². The van der Waals surface area contributed by atoms with E-state index in [9.17, 15) is 4.79 Å². The molecule has 0 fully saturated rings. The van der Waals surface area contributed by atoms with Crippen molar-refractivity contribution in [2.24, 2.45) is 5.10 Å². The Balaban J connectivity index is 1.58. The van der Waals surface area contributed by atoms with Crippen molar-refractivity contribution in [3.05, 3.63) is 64.1 Å². The van der Waals surface area contributed by atoms with Crippen LogP contribution in [-0.4, -0.2) is 32.3 Å². The Hall–Kier alpha value is -2.77. The second-order valence-corrected chi connectivity index (χ2v) is 5.81. The normalized spacial score (nSPS) is 11.0. The largest absolute Gasteiger partial charge is 0.271 e. The van der Waals surface area contributed by atoms with Gasteiger partial charge in [-0.25, -0.2) is 5.43 Å². The number of hydrazone groups is 1. The van der Waals surface area contributed by atoms with Crippen molar-refractivity contribution in [2.75, 3.05) is 0 Å². The summed E-state index contributed by atoms with van der Waals surface area (Å²) in [6.45, 7) is -0.106. The summed E-state index contributed by atoms with van der Waals surface area (Å²) in [5, 5.41) is 16.7. The number of benzene rings is 2. The van der Waals surface area contributed by atoms with E-state index < -0.39 is 5.91 Å². The van der Waals surface area contributed by atoms with Crippen LogP contribution in [0.1, 0.15) is 5.56 Å². The van der Waals surface area contributed by atoms with E-state index in [4.69, 9.17) is 23.2 Å². The van der Waals surface area contributed by atoms with Gasteiger partial charge in [0.25, 0.3) is 5.91 Å². The molecule has 1 N–H and O–H groups in total. The summed E-state index contributed by atoms with van der Waals surface area (Å²) in [5.41, 5.74) is 3.84. The van der Waals surface area contributed by atoms with Crippen LogP contribution in [0.5, 0.6) is 0 Å². The Morgan fingerprint density at radius 1 is 1.20 bits per heavy atom. The highest BCUT2D eigenvalue weighted by molar-refractivity contribution is 6.36. The molecule has 0 radical (unpaired) electrons. The van der Waals surface area contributed by atoms with E-state index in [0.717, 1.165) is 5.56 Å². The molecular formula is C16H12Cl2N6O. The van der Waals surface area contributed by atoms with E-state index >= 15 is 0 Å². The van der Waals surface area contributed by atoms with Crippen LogP contribution in [0.25, 0.3) is 11.4 Å². The van der Waals surface area contributed by atoms with E-state index in [2.05, 4.69) is 25.9 Å².